The molecule has 0 fully saturated rings. The summed E-state index contributed by atoms with van der Waals surface area (Å²) in [4.78, 5) is 24.5. The molecule has 0 saturated heterocycles. The third-order valence-electron chi connectivity index (χ3n) is 3.25. The van der Waals surface area contributed by atoms with Crippen LogP contribution in [0.1, 0.15) is 24.2 Å². The molecule has 1 aromatic rings. The number of nitro benzene ring substituents is 1. The lowest BCUT2D eigenvalue weighted by Gasteiger charge is -2.18. The molecule has 22 heavy (non-hydrogen) atoms. The molecular formula is C14H22ClN3O4. The minimum absolute atomic E-state index is 0. The molecule has 1 rings (SSSR count). The summed E-state index contributed by atoms with van der Waals surface area (Å²) in [7, 11) is 1.42. The van der Waals surface area contributed by atoms with Crippen molar-refractivity contribution >= 4 is 24.0 Å². The molecule has 1 N–H and O–H groups in total. The number of hydrogen-bond donors (Lipinski definition) is 1. The van der Waals surface area contributed by atoms with Gasteiger partial charge in [-0.05, 0) is 19.2 Å². The highest BCUT2D eigenvalue weighted by atomic mass is 35.5. The Morgan fingerprint density at radius 3 is 2.50 bits per heavy atom. The molecule has 1 aromatic carbocycles. The summed E-state index contributed by atoms with van der Waals surface area (Å²) in [5, 5.41) is 13.5. The van der Waals surface area contributed by atoms with Crippen molar-refractivity contribution in [2.75, 3.05) is 33.3 Å². The van der Waals surface area contributed by atoms with Crippen molar-refractivity contribution in [2.24, 2.45) is 0 Å². The van der Waals surface area contributed by atoms with Crippen LogP contribution in [0.5, 0.6) is 5.75 Å². The van der Waals surface area contributed by atoms with Gasteiger partial charge in [-0.2, -0.15) is 0 Å². The van der Waals surface area contributed by atoms with E-state index in [-0.39, 0.29) is 29.6 Å². The van der Waals surface area contributed by atoms with Crippen LogP contribution in [0.4, 0.5) is 5.69 Å². The van der Waals surface area contributed by atoms with Crippen LogP contribution in [0, 0.1) is 10.1 Å². The number of carbonyl (C=O) groups is 1. The molecule has 0 radical (unpaired) electrons. The number of methoxy groups -OCH3 is 1. The van der Waals surface area contributed by atoms with Crippen molar-refractivity contribution in [2.45, 2.75) is 13.8 Å². The van der Waals surface area contributed by atoms with Crippen molar-refractivity contribution in [3.8, 4) is 5.75 Å². The summed E-state index contributed by atoms with van der Waals surface area (Å²) in [5.41, 5.74) is 0.0379. The number of nitro groups is 1. The molecular weight excluding hydrogens is 310 g/mol. The average Bonchev–Trinajstić information content (AvgIpc) is 2.50. The van der Waals surface area contributed by atoms with Gasteiger partial charge in [0.15, 0.2) is 0 Å². The predicted molar refractivity (Wildman–Crippen MR) is 87.0 cm³/mol. The fraction of sp³-hybridized carbons (Fsp3) is 0.500. The molecule has 8 heteroatoms. The topological polar surface area (TPSA) is 84.7 Å². The zero-order chi connectivity index (χ0) is 15.8. The Kier molecular flexibility index (Phi) is 9.12. The quantitative estimate of drug-likeness (QED) is 0.582. The number of carbonyl (C=O) groups excluding carboxylic acids is 1. The Morgan fingerprint density at radius 2 is 2.00 bits per heavy atom. The molecule has 0 unspecified atom stereocenters. The SMILES string of the molecule is CCN(CC)CCNC(=O)c1cc([N+](=O)[O-])ccc1OC.Cl. The lowest BCUT2D eigenvalue weighted by Crippen LogP contribution is -2.34. The Morgan fingerprint density at radius 1 is 1.36 bits per heavy atom. The highest BCUT2D eigenvalue weighted by Gasteiger charge is 2.17. The smallest absolute Gasteiger partial charge is 0.270 e. The van der Waals surface area contributed by atoms with E-state index in [1.54, 1.807) is 0 Å². The Balaban J connectivity index is 0.00000441. The second-order valence-corrected chi connectivity index (χ2v) is 4.42. The van der Waals surface area contributed by atoms with Gasteiger partial charge in [0.2, 0.25) is 0 Å². The predicted octanol–water partition coefficient (Wildman–Crippen LogP) is 2.10. The van der Waals surface area contributed by atoms with E-state index >= 15 is 0 Å². The molecule has 0 aliphatic carbocycles. The summed E-state index contributed by atoms with van der Waals surface area (Å²) in [5.74, 6) is -0.0522. The van der Waals surface area contributed by atoms with E-state index in [0.717, 1.165) is 19.6 Å². The Labute approximate surface area is 136 Å². The lowest BCUT2D eigenvalue weighted by atomic mass is 10.1. The van der Waals surface area contributed by atoms with Gasteiger partial charge in [0.05, 0.1) is 17.6 Å². The fourth-order valence-electron chi connectivity index (χ4n) is 1.95. The van der Waals surface area contributed by atoms with Crippen LogP contribution < -0.4 is 10.1 Å². The summed E-state index contributed by atoms with van der Waals surface area (Å²) in [6, 6.07) is 3.97. The van der Waals surface area contributed by atoms with E-state index < -0.39 is 4.92 Å². The molecule has 0 atom stereocenters. The van der Waals surface area contributed by atoms with Crippen LogP contribution >= 0.6 is 12.4 Å². The van der Waals surface area contributed by atoms with Crippen LogP contribution in [0.2, 0.25) is 0 Å². The van der Waals surface area contributed by atoms with Gasteiger partial charge >= 0.3 is 0 Å². The normalized spacial score (nSPS) is 10.0. The number of benzene rings is 1. The van der Waals surface area contributed by atoms with E-state index in [0.29, 0.717) is 12.3 Å². The van der Waals surface area contributed by atoms with Crippen molar-refractivity contribution in [3.63, 3.8) is 0 Å². The highest BCUT2D eigenvalue weighted by molar-refractivity contribution is 5.97. The van der Waals surface area contributed by atoms with Crippen molar-refractivity contribution in [3.05, 3.63) is 33.9 Å². The van der Waals surface area contributed by atoms with E-state index in [1.807, 2.05) is 0 Å². The monoisotopic (exact) mass is 331 g/mol. The van der Waals surface area contributed by atoms with Crippen molar-refractivity contribution < 1.29 is 14.5 Å². The number of likely N-dealkylation sites (N-methyl/N-ethyl adjacent to an activating group) is 1. The summed E-state index contributed by atoms with van der Waals surface area (Å²) in [6.45, 7) is 7.13. The molecule has 0 heterocycles. The number of nitrogens with zero attached hydrogens (tertiary/aromatic N) is 2. The van der Waals surface area contributed by atoms with Crippen molar-refractivity contribution in [1.29, 1.82) is 0 Å². The van der Waals surface area contributed by atoms with Gasteiger partial charge in [0.1, 0.15) is 5.75 Å². The van der Waals surface area contributed by atoms with E-state index in [2.05, 4.69) is 24.1 Å². The molecule has 0 saturated carbocycles. The lowest BCUT2D eigenvalue weighted by molar-refractivity contribution is -0.384. The van der Waals surface area contributed by atoms with Gasteiger partial charge in [0.25, 0.3) is 11.6 Å². The zero-order valence-electron chi connectivity index (χ0n) is 13.0. The minimum Gasteiger partial charge on any atom is -0.496 e. The molecule has 0 bridgehead atoms. The van der Waals surface area contributed by atoms with Crippen LogP contribution in [0.15, 0.2) is 18.2 Å². The Bertz CT molecular complexity index is 507. The van der Waals surface area contributed by atoms with E-state index in [4.69, 9.17) is 4.74 Å². The molecule has 0 aromatic heterocycles. The first-order valence-electron chi connectivity index (χ1n) is 6.86. The van der Waals surface area contributed by atoms with Gasteiger partial charge in [-0.3, -0.25) is 14.9 Å². The largest absolute Gasteiger partial charge is 0.496 e. The maximum atomic E-state index is 12.1. The number of nitrogens with one attached hydrogen (secondary N) is 1. The van der Waals surface area contributed by atoms with E-state index in [9.17, 15) is 14.9 Å². The van der Waals surface area contributed by atoms with Crippen LogP contribution in [-0.4, -0.2) is 49.0 Å². The fourth-order valence-corrected chi connectivity index (χ4v) is 1.95. The zero-order valence-corrected chi connectivity index (χ0v) is 13.8. The summed E-state index contributed by atoms with van der Waals surface area (Å²) in [6.07, 6.45) is 0. The van der Waals surface area contributed by atoms with Gasteiger partial charge < -0.3 is 15.0 Å². The van der Waals surface area contributed by atoms with Crippen LogP contribution in [-0.2, 0) is 0 Å². The first kappa shape index (κ1) is 20.1. The van der Waals surface area contributed by atoms with E-state index in [1.165, 1.54) is 25.3 Å². The summed E-state index contributed by atoms with van der Waals surface area (Å²) < 4.78 is 5.08. The van der Waals surface area contributed by atoms with Gasteiger partial charge in [-0.15, -0.1) is 12.4 Å². The van der Waals surface area contributed by atoms with Gasteiger partial charge in [-0.1, -0.05) is 13.8 Å². The highest BCUT2D eigenvalue weighted by Crippen LogP contribution is 2.23. The number of hydrogen-bond acceptors (Lipinski definition) is 5. The Hall–Kier alpha value is -1.86. The van der Waals surface area contributed by atoms with Crippen molar-refractivity contribution in [1.82, 2.24) is 10.2 Å². The third-order valence-corrected chi connectivity index (χ3v) is 3.25. The molecule has 0 aliphatic heterocycles. The summed E-state index contributed by atoms with van der Waals surface area (Å²) >= 11 is 0. The molecule has 0 spiro atoms. The van der Waals surface area contributed by atoms with Crippen LogP contribution in [0.25, 0.3) is 0 Å². The number of halogens is 1. The molecule has 1 amide bonds. The second-order valence-electron chi connectivity index (χ2n) is 4.42. The first-order chi connectivity index (χ1) is 10.0. The minimum atomic E-state index is -0.536. The van der Waals surface area contributed by atoms with Gasteiger partial charge in [0, 0.05) is 25.2 Å². The number of non-ortho nitro benzene ring substituents is 1. The standard InChI is InChI=1S/C14H21N3O4.ClH/c1-4-16(5-2)9-8-15-14(18)12-10-11(17(19)20)6-7-13(12)21-3;/h6-7,10H,4-5,8-9H2,1-3H3,(H,15,18);1H. The second kappa shape index (κ2) is 9.97. The number of ether oxygens (including phenoxy) is 1. The van der Waals surface area contributed by atoms with Crippen LogP contribution in [0.3, 0.4) is 0 Å². The first-order valence-corrected chi connectivity index (χ1v) is 6.86. The maximum Gasteiger partial charge on any atom is 0.270 e. The number of rotatable bonds is 8. The van der Waals surface area contributed by atoms with Gasteiger partial charge in [-0.25, -0.2) is 0 Å². The molecule has 0 aliphatic rings. The molecule has 124 valence electrons. The third kappa shape index (κ3) is 5.50. The number of amides is 1. The maximum absolute atomic E-state index is 12.1. The average molecular weight is 332 g/mol. The molecule has 7 nitrogen and oxygen atoms in total.